The Bertz CT molecular complexity index is 813. The van der Waals surface area contributed by atoms with E-state index in [0.29, 0.717) is 35.5 Å². The van der Waals surface area contributed by atoms with Crippen LogP contribution < -0.4 is 0 Å². The van der Waals surface area contributed by atoms with E-state index in [1.165, 1.54) is 6.20 Å². The van der Waals surface area contributed by atoms with Gasteiger partial charge in [0.25, 0.3) is 0 Å². The van der Waals surface area contributed by atoms with Gasteiger partial charge in [-0.3, -0.25) is 9.67 Å². The van der Waals surface area contributed by atoms with Crippen molar-refractivity contribution < 1.29 is 23.1 Å². The predicted octanol–water partition coefficient (Wildman–Crippen LogP) is 4.27. The first kappa shape index (κ1) is 19.9. The van der Waals surface area contributed by atoms with E-state index in [1.54, 1.807) is 17.7 Å². The number of aromatic carboxylic acids is 1. The maximum atomic E-state index is 12.8. The molecule has 0 bridgehead atoms. The molecule has 8 heteroatoms. The molecule has 0 aliphatic carbocycles. The number of aryl methyl sites for hydroxylation is 2. The molecule has 0 fully saturated rings. The second kappa shape index (κ2) is 7.47. The lowest BCUT2D eigenvalue weighted by Gasteiger charge is -2.17. The van der Waals surface area contributed by atoms with Crippen LogP contribution in [0.25, 0.3) is 11.3 Å². The number of rotatable bonds is 6. The standard InChI is InChI=1S/C18H22F3N3O2/c1-5-12-8-13(7-10(3)18(19,20)21)22-9-14(12)16-11(4)15(17(25)26)23-24(16)6-2/h8-10H,5-7H2,1-4H3,(H,25,26). The molecule has 0 aromatic carbocycles. The number of carbonyl (C=O) groups is 1. The normalized spacial score (nSPS) is 13.0. The van der Waals surface area contributed by atoms with Crippen LogP contribution in [0.4, 0.5) is 13.2 Å². The van der Waals surface area contributed by atoms with Gasteiger partial charge in [-0.05, 0) is 31.9 Å². The van der Waals surface area contributed by atoms with Crippen molar-refractivity contribution in [1.29, 1.82) is 0 Å². The number of hydrogen-bond acceptors (Lipinski definition) is 3. The highest BCUT2D eigenvalue weighted by atomic mass is 19.4. The van der Waals surface area contributed by atoms with Gasteiger partial charge < -0.3 is 5.11 Å². The Kier molecular flexibility index (Phi) is 5.73. The fourth-order valence-corrected chi connectivity index (χ4v) is 2.92. The Morgan fingerprint density at radius 3 is 2.50 bits per heavy atom. The van der Waals surface area contributed by atoms with Crippen LogP contribution in [0.15, 0.2) is 12.3 Å². The van der Waals surface area contributed by atoms with E-state index in [2.05, 4.69) is 10.1 Å². The first-order valence-electron chi connectivity index (χ1n) is 8.45. The third kappa shape index (κ3) is 3.89. The van der Waals surface area contributed by atoms with Crippen molar-refractivity contribution in [1.82, 2.24) is 14.8 Å². The molecular weight excluding hydrogens is 347 g/mol. The molecule has 0 saturated heterocycles. The van der Waals surface area contributed by atoms with Gasteiger partial charge in [0, 0.05) is 36.0 Å². The Morgan fingerprint density at radius 1 is 1.35 bits per heavy atom. The van der Waals surface area contributed by atoms with Crippen LogP contribution in [0.2, 0.25) is 0 Å². The van der Waals surface area contributed by atoms with Crippen molar-refractivity contribution in [2.45, 2.75) is 53.3 Å². The number of hydrogen-bond donors (Lipinski definition) is 1. The molecular formula is C18H22F3N3O2. The summed E-state index contributed by atoms with van der Waals surface area (Å²) in [5, 5.41) is 13.4. The Labute approximate surface area is 149 Å². The molecule has 1 unspecified atom stereocenters. The van der Waals surface area contributed by atoms with Crippen molar-refractivity contribution in [3.05, 3.63) is 34.8 Å². The molecule has 1 N–H and O–H groups in total. The lowest BCUT2D eigenvalue weighted by Crippen LogP contribution is -2.22. The summed E-state index contributed by atoms with van der Waals surface area (Å²) in [5.41, 5.74) is 3.03. The van der Waals surface area contributed by atoms with Crippen LogP contribution in [-0.4, -0.2) is 32.0 Å². The molecule has 0 spiro atoms. The lowest BCUT2D eigenvalue weighted by molar-refractivity contribution is -0.169. The molecule has 142 valence electrons. The van der Waals surface area contributed by atoms with Crippen molar-refractivity contribution in [3.8, 4) is 11.3 Å². The molecule has 2 heterocycles. The van der Waals surface area contributed by atoms with E-state index in [4.69, 9.17) is 0 Å². The number of carboxylic acids is 1. The largest absolute Gasteiger partial charge is 0.476 e. The van der Waals surface area contributed by atoms with Gasteiger partial charge in [0.1, 0.15) is 0 Å². The van der Waals surface area contributed by atoms with Crippen LogP contribution in [0, 0.1) is 12.8 Å². The zero-order valence-corrected chi connectivity index (χ0v) is 15.2. The molecule has 0 aliphatic heterocycles. The van der Waals surface area contributed by atoms with Gasteiger partial charge in [-0.15, -0.1) is 0 Å². The summed E-state index contributed by atoms with van der Waals surface area (Å²) < 4.78 is 40.0. The van der Waals surface area contributed by atoms with Crippen LogP contribution in [0.1, 0.15) is 48.1 Å². The lowest BCUT2D eigenvalue weighted by atomic mass is 9.97. The van der Waals surface area contributed by atoms with E-state index in [0.717, 1.165) is 12.5 Å². The second-order valence-corrected chi connectivity index (χ2v) is 6.28. The SMILES string of the molecule is CCc1cc(CC(C)C(F)(F)F)ncc1-c1c(C)c(C(=O)O)nn1CC. The molecule has 2 rings (SSSR count). The molecule has 1 atom stereocenters. The summed E-state index contributed by atoms with van der Waals surface area (Å²) in [7, 11) is 0. The molecule has 5 nitrogen and oxygen atoms in total. The minimum Gasteiger partial charge on any atom is -0.476 e. The highest BCUT2D eigenvalue weighted by Gasteiger charge is 2.36. The summed E-state index contributed by atoms with van der Waals surface area (Å²) in [6.45, 7) is 7.03. The van der Waals surface area contributed by atoms with Gasteiger partial charge in [-0.1, -0.05) is 13.8 Å². The van der Waals surface area contributed by atoms with Crippen molar-refractivity contribution in [2.75, 3.05) is 0 Å². The fourth-order valence-electron chi connectivity index (χ4n) is 2.92. The molecule has 0 radical (unpaired) electrons. The number of aromatic nitrogens is 3. The van der Waals surface area contributed by atoms with Crippen molar-refractivity contribution >= 4 is 5.97 Å². The third-order valence-corrected chi connectivity index (χ3v) is 4.45. The predicted molar refractivity (Wildman–Crippen MR) is 91.1 cm³/mol. The third-order valence-electron chi connectivity index (χ3n) is 4.45. The number of nitrogens with zero attached hydrogens (tertiary/aromatic N) is 3. The summed E-state index contributed by atoms with van der Waals surface area (Å²) in [6, 6.07) is 1.67. The van der Waals surface area contributed by atoms with Gasteiger partial charge in [0.15, 0.2) is 5.69 Å². The topological polar surface area (TPSA) is 68.0 Å². The van der Waals surface area contributed by atoms with E-state index in [-0.39, 0.29) is 12.1 Å². The molecule has 0 aliphatic rings. The minimum absolute atomic E-state index is 0.0290. The fraction of sp³-hybridized carbons (Fsp3) is 0.500. The summed E-state index contributed by atoms with van der Waals surface area (Å²) in [6.07, 6.45) is -2.34. The van der Waals surface area contributed by atoms with E-state index >= 15 is 0 Å². The van der Waals surface area contributed by atoms with Crippen LogP contribution in [0.5, 0.6) is 0 Å². The van der Waals surface area contributed by atoms with E-state index in [1.807, 2.05) is 13.8 Å². The van der Waals surface area contributed by atoms with Gasteiger partial charge in [-0.2, -0.15) is 18.3 Å². The number of halogens is 3. The van der Waals surface area contributed by atoms with E-state index < -0.39 is 18.1 Å². The molecule has 0 amide bonds. The quantitative estimate of drug-likeness (QED) is 0.825. The van der Waals surface area contributed by atoms with Gasteiger partial charge >= 0.3 is 12.1 Å². The van der Waals surface area contributed by atoms with Gasteiger partial charge in [0.05, 0.1) is 11.6 Å². The Morgan fingerprint density at radius 2 is 2.00 bits per heavy atom. The number of carboxylic acid groups (broad SMARTS) is 1. The Hall–Kier alpha value is -2.38. The monoisotopic (exact) mass is 369 g/mol. The second-order valence-electron chi connectivity index (χ2n) is 6.28. The smallest absolute Gasteiger partial charge is 0.391 e. The van der Waals surface area contributed by atoms with Gasteiger partial charge in [0.2, 0.25) is 0 Å². The first-order chi connectivity index (χ1) is 12.1. The average Bonchev–Trinajstić information content (AvgIpc) is 2.90. The zero-order chi connectivity index (χ0) is 19.6. The summed E-state index contributed by atoms with van der Waals surface area (Å²) in [5.74, 6) is -2.59. The maximum Gasteiger partial charge on any atom is 0.391 e. The van der Waals surface area contributed by atoms with Crippen LogP contribution >= 0.6 is 0 Å². The van der Waals surface area contributed by atoms with Crippen LogP contribution in [0.3, 0.4) is 0 Å². The van der Waals surface area contributed by atoms with Gasteiger partial charge in [-0.25, -0.2) is 4.79 Å². The summed E-state index contributed by atoms with van der Waals surface area (Å²) >= 11 is 0. The molecule has 2 aromatic rings. The van der Waals surface area contributed by atoms with E-state index in [9.17, 15) is 23.1 Å². The maximum absolute atomic E-state index is 12.8. The van der Waals surface area contributed by atoms with Crippen LogP contribution in [-0.2, 0) is 19.4 Å². The molecule has 2 aromatic heterocycles. The minimum atomic E-state index is -4.26. The summed E-state index contributed by atoms with van der Waals surface area (Å²) in [4.78, 5) is 15.6. The number of alkyl halides is 3. The van der Waals surface area contributed by atoms with Crippen molar-refractivity contribution in [2.24, 2.45) is 5.92 Å². The Balaban J connectivity index is 2.50. The molecule has 0 saturated carbocycles. The zero-order valence-electron chi connectivity index (χ0n) is 15.2. The highest BCUT2D eigenvalue weighted by Crippen LogP contribution is 2.32. The highest BCUT2D eigenvalue weighted by molar-refractivity contribution is 5.89. The average molecular weight is 369 g/mol. The number of pyridine rings is 1. The molecule has 26 heavy (non-hydrogen) atoms. The van der Waals surface area contributed by atoms with Crippen molar-refractivity contribution in [3.63, 3.8) is 0 Å². The first-order valence-corrected chi connectivity index (χ1v) is 8.45.